The lowest BCUT2D eigenvalue weighted by Gasteiger charge is -2.08. The predicted octanol–water partition coefficient (Wildman–Crippen LogP) is 2.62. The highest BCUT2D eigenvalue weighted by Crippen LogP contribution is 2.15. The molecular formula is C11H11F3N2O. The highest BCUT2D eigenvalue weighted by molar-refractivity contribution is 5.74. The van der Waals surface area contributed by atoms with E-state index in [0.29, 0.717) is 6.54 Å². The average Bonchev–Trinajstić information content (AvgIpc) is 2.67. The van der Waals surface area contributed by atoms with E-state index in [1.807, 2.05) is 24.3 Å². The van der Waals surface area contributed by atoms with Gasteiger partial charge in [0.15, 0.2) is 0 Å². The molecule has 2 rings (SSSR count). The van der Waals surface area contributed by atoms with Gasteiger partial charge in [-0.2, -0.15) is 13.2 Å². The number of halogens is 3. The smallest absolute Gasteiger partial charge is 0.370 e. The van der Waals surface area contributed by atoms with Crippen molar-refractivity contribution >= 4 is 11.0 Å². The van der Waals surface area contributed by atoms with Crippen molar-refractivity contribution in [2.24, 2.45) is 0 Å². The molecule has 3 nitrogen and oxygen atoms in total. The van der Waals surface area contributed by atoms with E-state index in [1.165, 1.54) is 0 Å². The van der Waals surface area contributed by atoms with Gasteiger partial charge in [-0.05, 0) is 12.1 Å². The first kappa shape index (κ1) is 11.9. The van der Waals surface area contributed by atoms with Crippen LogP contribution in [0.15, 0.2) is 30.6 Å². The number of hydrogen-bond donors (Lipinski definition) is 0. The van der Waals surface area contributed by atoms with E-state index in [-0.39, 0.29) is 6.61 Å². The van der Waals surface area contributed by atoms with Gasteiger partial charge in [0.25, 0.3) is 0 Å². The quantitative estimate of drug-likeness (QED) is 0.773. The number of alkyl halides is 3. The first-order valence-corrected chi connectivity index (χ1v) is 5.11. The molecule has 0 aliphatic rings. The molecular weight excluding hydrogens is 233 g/mol. The fraction of sp³-hybridized carbons (Fsp3) is 0.364. The minimum Gasteiger partial charge on any atom is -0.370 e. The summed E-state index contributed by atoms with van der Waals surface area (Å²) in [5, 5.41) is 0. The highest BCUT2D eigenvalue weighted by atomic mass is 19.4. The lowest BCUT2D eigenvalue weighted by Crippen LogP contribution is -2.18. The Balaban J connectivity index is 1.91. The number of fused-ring (bicyclic) bond motifs is 1. The number of para-hydroxylation sites is 2. The zero-order valence-electron chi connectivity index (χ0n) is 8.94. The molecule has 92 valence electrons. The Labute approximate surface area is 95.8 Å². The van der Waals surface area contributed by atoms with Crippen molar-refractivity contribution in [3.8, 4) is 0 Å². The van der Waals surface area contributed by atoms with Crippen LogP contribution in [0, 0.1) is 0 Å². The van der Waals surface area contributed by atoms with Crippen molar-refractivity contribution in [3.63, 3.8) is 0 Å². The Bertz CT molecular complexity index is 493. The third-order valence-electron chi connectivity index (χ3n) is 2.27. The standard InChI is InChI=1S/C11H11F3N2O/c12-11(13,14)7-17-6-5-16-8-15-9-3-1-2-4-10(9)16/h1-4,8H,5-7H2. The molecule has 0 unspecified atom stereocenters. The number of nitrogens with zero attached hydrogens (tertiary/aromatic N) is 2. The van der Waals surface area contributed by atoms with E-state index in [9.17, 15) is 13.2 Å². The van der Waals surface area contributed by atoms with Gasteiger partial charge < -0.3 is 9.30 Å². The van der Waals surface area contributed by atoms with Crippen LogP contribution < -0.4 is 0 Å². The highest BCUT2D eigenvalue weighted by Gasteiger charge is 2.27. The molecule has 1 heterocycles. The van der Waals surface area contributed by atoms with E-state index < -0.39 is 12.8 Å². The Hall–Kier alpha value is -1.56. The topological polar surface area (TPSA) is 27.1 Å². The zero-order valence-corrected chi connectivity index (χ0v) is 8.94. The first-order chi connectivity index (χ1) is 8.06. The minimum absolute atomic E-state index is 0.0138. The van der Waals surface area contributed by atoms with Gasteiger partial charge in [0, 0.05) is 6.54 Å². The van der Waals surface area contributed by atoms with Crippen molar-refractivity contribution < 1.29 is 17.9 Å². The van der Waals surface area contributed by atoms with Gasteiger partial charge in [-0.3, -0.25) is 0 Å². The molecule has 0 radical (unpaired) electrons. The second-order valence-corrected chi connectivity index (χ2v) is 3.59. The molecule has 0 saturated heterocycles. The maximum atomic E-state index is 11.8. The second kappa shape index (κ2) is 4.75. The largest absolute Gasteiger partial charge is 0.411 e. The SMILES string of the molecule is FC(F)(F)COCCn1cnc2ccccc21. The number of hydrogen-bond acceptors (Lipinski definition) is 2. The molecule has 0 saturated carbocycles. The van der Waals surface area contributed by atoms with E-state index >= 15 is 0 Å². The lowest BCUT2D eigenvalue weighted by molar-refractivity contribution is -0.174. The van der Waals surface area contributed by atoms with Crippen LogP contribution in [0.25, 0.3) is 11.0 Å². The summed E-state index contributed by atoms with van der Waals surface area (Å²) in [6, 6.07) is 7.44. The molecule has 0 spiro atoms. The lowest BCUT2D eigenvalue weighted by atomic mass is 10.3. The third kappa shape index (κ3) is 3.20. The van der Waals surface area contributed by atoms with Crippen molar-refractivity contribution in [2.45, 2.75) is 12.7 Å². The molecule has 0 aliphatic carbocycles. The first-order valence-electron chi connectivity index (χ1n) is 5.11. The van der Waals surface area contributed by atoms with Crippen LogP contribution in [0.3, 0.4) is 0 Å². The maximum absolute atomic E-state index is 11.8. The average molecular weight is 244 g/mol. The van der Waals surface area contributed by atoms with Crippen molar-refractivity contribution in [1.82, 2.24) is 9.55 Å². The number of aromatic nitrogens is 2. The summed E-state index contributed by atoms with van der Waals surface area (Å²) >= 11 is 0. The fourth-order valence-corrected chi connectivity index (χ4v) is 1.54. The third-order valence-corrected chi connectivity index (χ3v) is 2.27. The predicted molar refractivity (Wildman–Crippen MR) is 56.6 cm³/mol. The molecule has 0 fully saturated rings. The summed E-state index contributed by atoms with van der Waals surface area (Å²) < 4.78 is 41.8. The van der Waals surface area contributed by atoms with Crippen molar-refractivity contribution in [1.29, 1.82) is 0 Å². The molecule has 2 aromatic rings. The number of imidazole rings is 1. The molecule has 1 aromatic carbocycles. The van der Waals surface area contributed by atoms with Crippen LogP contribution in [-0.2, 0) is 11.3 Å². The zero-order chi connectivity index (χ0) is 12.3. The van der Waals surface area contributed by atoms with Crippen LogP contribution in [0.1, 0.15) is 0 Å². The van der Waals surface area contributed by atoms with Crippen molar-refractivity contribution in [2.75, 3.05) is 13.2 Å². The van der Waals surface area contributed by atoms with E-state index in [4.69, 9.17) is 0 Å². The van der Waals surface area contributed by atoms with Crippen LogP contribution in [-0.4, -0.2) is 28.9 Å². The van der Waals surface area contributed by atoms with Crippen LogP contribution in [0.2, 0.25) is 0 Å². The molecule has 6 heteroatoms. The second-order valence-electron chi connectivity index (χ2n) is 3.59. The van der Waals surface area contributed by atoms with Crippen LogP contribution >= 0.6 is 0 Å². The summed E-state index contributed by atoms with van der Waals surface area (Å²) in [4.78, 5) is 4.13. The van der Waals surface area contributed by atoms with Gasteiger partial charge in [0.1, 0.15) is 6.61 Å². The monoisotopic (exact) mass is 244 g/mol. The van der Waals surface area contributed by atoms with Gasteiger partial charge in [0.2, 0.25) is 0 Å². The van der Waals surface area contributed by atoms with E-state index in [2.05, 4.69) is 9.72 Å². The Morgan fingerprint density at radius 2 is 2.00 bits per heavy atom. The molecule has 0 atom stereocenters. The Kier molecular flexibility index (Phi) is 3.33. The van der Waals surface area contributed by atoms with Crippen molar-refractivity contribution in [3.05, 3.63) is 30.6 Å². The van der Waals surface area contributed by atoms with Gasteiger partial charge >= 0.3 is 6.18 Å². The van der Waals surface area contributed by atoms with Gasteiger partial charge in [-0.15, -0.1) is 0 Å². The summed E-state index contributed by atoms with van der Waals surface area (Å²) in [5.74, 6) is 0. The summed E-state index contributed by atoms with van der Waals surface area (Å²) in [7, 11) is 0. The number of rotatable bonds is 4. The van der Waals surface area contributed by atoms with Gasteiger partial charge in [-0.1, -0.05) is 12.1 Å². The molecule has 0 amide bonds. The number of benzene rings is 1. The number of ether oxygens (including phenoxy) is 1. The Morgan fingerprint density at radius 3 is 2.76 bits per heavy atom. The molecule has 0 N–H and O–H groups in total. The molecule has 17 heavy (non-hydrogen) atoms. The maximum Gasteiger partial charge on any atom is 0.411 e. The van der Waals surface area contributed by atoms with Gasteiger partial charge in [-0.25, -0.2) is 4.98 Å². The summed E-state index contributed by atoms with van der Waals surface area (Å²) in [6.07, 6.45) is -2.67. The van der Waals surface area contributed by atoms with Crippen LogP contribution in [0.4, 0.5) is 13.2 Å². The fourth-order valence-electron chi connectivity index (χ4n) is 1.54. The van der Waals surface area contributed by atoms with Gasteiger partial charge in [0.05, 0.1) is 24.0 Å². The molecule has 0 aliphatic heterocycles. The van der Waals surface area contributed by atoms with E-state index in [0.717, 1.165) is 11.0 Å². The summed E-state index contributed by atoms with van der Waals surface area (Å²) in [5.41, 5.74) is 1.71. The summed E-state index contributed by atoms with van der Waals surface area (Å²) in [6.45, 7) is -0.837. The van der Waals surface area contributed by atoms with Crippen LogP contribution in [0.5, 0.6) is 0 Å². The Morgan fingerprint density at radius 1 is 1.24 bits per heavy atom. The molecule has 1 aromatic heterocycles. The minimum atomic E-state index is -4.27. The van der Waals surface area contributed by atoms with E-state index in [1.54, 1.807) is 10.9 Å². The molecule has 0 bridgehead atoms. The normalized spacial score (nSPS) is 12.2.